The number of carbonyl (C=O) groups excluding carboxylic acids is 1. The van der Waals surface area contributed by atoms with Gasteiger partial charge < -0.3 is 25.7 Å². The highest BCUT2D eigenvalue weighted by Gasteiger charge is 2.27. The first-order valence-electron chi connectivity index (χ1n) is 6.00. The van der Waals surface area contributed by atoms with Crippen LogP contribution in [0.15, 0.2) is 5.16 Å². The topological polar surface area (TPSA) is 106 Å². The Morgan fingerprint density at radius 1 is 1.56 bits per heavy atom. The summed E-state index contributed by atoms with van der Waals surface area (Å²) in [5, 5.41) is 14.3. The lowest BCUT2D eigenvalue weighted by Gasteiger charge is -2.25. The van der Waals surface area contributed by atoms with Crippen LogP contribution in [0.1, 0.15) is 13.8 Å². The van der Waals surface area contributed by atoms with Crippen molar-refractivity contribution in [2.24, 2.45) is 22.7 Å². The number of hydrogen-bond acceptors (Lipinski definition) is 5. The maximum absolute atomic E-state index is 11.9. The van der Waals surface area contributed by atoms with Crippen LogP contribution in [0.5, 0.6) is 0 Å². The molecule has 2 unspecified atom stereocenters. The minimum absolute atomic E-state index is 0.0515. The van der Waals surface area contributed by atoms with E-state index < -0.39 is 5.92 Å². The second-order valence-electron chi connectivity index (χ2n) is 4.56. The molecule has 0 aromatic carbocycles. The summed E-state index contributed by atoms with van der Waals surface area (Å²) in [6, 6.07) is 0. The summed E-state index contributed by atoms with van der Waals surface area (Å²) >= 11 is 0. The number of amidine groups is 1. The third kappa shape index (κ3) is 4.15. The fraction of sp³-hybridized carbons (Fsp3) is 0.818. The van der Waals surface area contributed by atoms with Crippen molar-refractivity contribution in [1.82, 2.24) is 5.32 Å². The highest BCUT2D eigenvalue weighted by molar-refractivity contribution is 6.02. The van der Waals surface area contributed by atoms with Gasteiger partial charge in [0.25, 0.3) is 0 Å². The predicted molar refractivity (Wildman–Crippen MR) is 65.3 cm³/mol. The van der Waals surface area contributed by atoms with Crippen molar-refractivity contribution in [2.45, 2.75) is 20.0 Å². The van der Waals surface area contributed by atoms with Gasteiger partial charge in [-0.1, -0.05) is 19.0 Å². The number of oxime groups is 1. The van der Waals surface area contributed by atoms with Gasteiger partial charge in [0.1, 0.15) is 5.92 Å². The molecule has 1 aliphatic rings. The lowest BCUT2D eigenvalue weighted by atomic mass is 9.94. The molecule has 0 radical (unpaired) electrons. The molecular formula is C11H21N3O4. The van der Waals surface area contributed by atoms with Gasteiger partial charge in [-0.2, -0.15) is 0 Å². The van der Waals surface area contributed by atoms with Crippen LogP contribution in [-0.2, 0) is 14.3 Å². The lowest BCUT2D eigenvalue weighted by molar-refractivity contribution is -0.126. The Labute approximate surface area is 106 Å². The van der Waals surface area contributed by atoms with E-state index in [0.717, 1.165) is 0 Å². The summed E-state index contributed by atoms with van der Waals surface area (Å²) < 4.78 is 10.6. The average molecular weight is 259 g/mol. The van der Waals surface area contributed by atoms with Crippen molar-refractivity contribution in [3.63, 3.8) is 0 Å². The van der Waals surface area contributed by atoms with Crippen molar-refractivity contribution in [3.05, 3.63) is 0 Å². The van der Waals surface area contributed by atoms with E-state index in [1.54, 1.807) is 0 Å². The number of ether oxygens (including phenoxy) is 2. The Balaban J connectivity index is 2.46. The molecule has 1 aliphatic heterocycles. The van der Waals surface area contributed by atoms with Crippen LogP contribution in [0.25, 0.3) is 0 Å². The smallest absolute Gasteiger partial charge is 0.231 e. The Morgan fingerprint density at radius 2 is 2.28 bits per heavy atom. The van der Waals surface area contributed by atoms with E-state index in [1.165, 1.54) is 0 Å². The van der Waals surface area contributed by atoms with E-state index in [2.05, 4.69) is 10.5 Å². The fourth-order valence-corrected chi connectivity index (χ4v) is 1.82. The quantitative estimate of drug-likeness (QED) is 0.268. The van der Waals surface area contributed by atoms with Crippen molar-refractivity contribution >= 4 is 11.7 Å². The molecule has 1 rings (SSSR count). The van der Waals surface area contributed by atoms with E-state index in [0.29, 0.717) is 26.4 Å². The number of hydrogen-bond donors (Lipinski definition) is 3. The SMILES string of the molecule is CC(C)C(C(=O)NCC1COCCO1)C(N)=NO. The van der Waals surface area contributed by atoms with Crippen molar-refractivity contribution in [1.29, 1.82) is 0 Å². The third-order valence-electron chi connectivity index (χ3n) is 2.77. The standard InChI is InChI=1S/C11H21N3O4/c1-7(2)9(10(12)14-16)11(15)13-5-8-6-17-3-4-18-8/h7-9,16H,3-6H2,1-2H3,(H2,12,14)(H,13,15). The molecule has 0 aromatic rings. The number of amides is 1. The molecule has 18 heavy (non-hydrogen) atoms. The molecule has 0 saturated carbocycles. The van der Waals surface area contributed by atoms with Crippen molar-refractivity contribution in [2.75, 3.05) is 26.4 Å². The van der Waals surface area contributed by atoms with Gasteiger partial charge in [-0.15, -0.1) is 0 Å². The highest BCUT2D eigenvalue weighted by atomic mass is 16.6. The first-order valence-corrected chi connectivity index (χ1v) is 6.00. The molecule has 7 heteroatoms. The highest BCUT2D eigenvalue weighted by Crippen LogP contribution is 2.11. The zero-order valence-corrected chi connectivity index (χ0v) is 10.8. The van der Waals surface area contributed by atoms with Crippen LogP contribution in [0.3, 0.4) is 0 Å². The van der Waals surface area contributed by atoms with E-state index in [-0.39, 0.29) is 23.8 Å². The molecule has 2 atom stereocenters. The summed E-state index contributed by atoms with van der Waals surface area (Å²) in [6.45, 7) is 5.62. The summed E-state index contributed by atoms with van der Waals surface area (Å²) in [5.41, 5.74) is 5.51. The summed E-state index contributed by atoms with van der Waals surface area (Å²) in [7, 11) is 0. The Hall–Kier alpha value is -1.34. The van der Waals surface area contributed by atoms with E-state index in [9.17, 15) is 4.79 Å². The first kappa shape index (κ1) is 14.7. The normalized spacial score (nSPS) is 22.8. The zero-order valence-electron chi connectivity index (χ0n) is 10.8. The van der Waals surface area contributed by atoms with E-state index in [1.807, 2.05) is 13.8 Å². The Bertz CT molecular complexity index is 301. The molecule has 1 fully saturated rings. The van der Waals surface area contributed by atoms with Gasteiger partial charge in [-0.3, -0.25) is 4.79 Å². The minimum Gasteiger partial charge on any atom is -0.409 e. The monoisotopic (exact) mass is 259 g/mol. The van der Waals surface area contributed by atoms with Crippen LogP contribution in [0.4, 0.5) is 0 Å². The Morgan fingerprint density at radius 3 is 2.78 bits per heavy atom. The molecule has 104 valence electrons. The Kier molecular flexibility index (Phi) is 5.87. The van der Waals surface area contributed by atoms with Gasteiger partial charge in [-0.25, -0.2) is 0 Å². The second-order valence-corrected chi connectivity index (χ2v) is 4.56. The maximum Gasteiger partial charge on any atom is 0.231 e. The molecule has 1 saturated heterocycles. The third-order valence-corrected chi connectivity index (χ3v) is 2.77. The largest absolute Gasteiger partial charge is 0.409 e. The molecule has 1 heterocycles. The van der Waals surface area contributed by atoms with Crippen LogP contribution >= 0.6 is 0 Å². The molecule has 0 spiro atoms. The fourth-order valence-electron chi connectivity index (χ4n) is 1.82. The van der Waals surface area contributed by atoms with Crippen LogP contribution in [-0.4, -0.2) is 49.4 Å². The molecule has 7 nitrogen and oxygen atoms in total. The minimum atomic E-state index is -0.639. The second kappa shape index (κ2) is 7.17. The average Bonchev–Trinajstić information content (AvgIpc) is 2.37. The zero-order chi connectivity index (χ0) is 13.5. The van der Waals surface area contributed by atoms with Gasteiger partial charge >= 0.3 is 0 Å². The molecule has 0 bridgehead atoms. The molecular weight excluding hydrogens is 238 g/mol. The van der Waals surface area contributed by atoms with Crippen LogP contribution in [0.2, 0.25) is 0 Å². The van der Waals surface area contributed by atoms with E-state index in [4.69, 9.17) is 20.4 Å². The number of rotatable bonds is 5. The molecule has 0 aliphatic carbocycles. The summed E-state index contributed by atoms with van der Waals surface area (Å²) in [6.07, 6.45) is -0.136. The molecule has 4 N–H and O–H groups in total. The van der Waals surface area contributed by atoms with Crippen molar-refractivity contribution in [3.8, 4) is 0 Å². The number of nitrogens with one attached hydrogen (secondary N) is 1. The summed E-state index contributed by atoms with van der Waals surface area (Å²) in [4.78, 5) is 11.9. The number of nitrogens with two attached hydrogens (primary N) is 1. The lowest BCUT2D eigenvalue weighted by Crippen LogP contribution is -2.46. The van der Waals surface area contributed by atoms with E-state index >= 15 is 0 Å². The molecule has 1 amide bonds. The van der Waals surface area contributed by atoms with Gasteiger partial charge in [0, 0.05) is 6.54 Å². The van der Waals surface area contributed by atoms with Gasteiger partial charge in [0.15, 0.2) is 5.84 Å². The summed E-state index contributed by atoms with van der Waals surface area (Å²) in [5.74, 6) is -1.04. The first-order chi connectivity index (χ1) is 8.56. The number of nitrogens with zero attached hydrogens (tertiary/aromatic N) is 1. The van der Waals surface area contributed by atoms with Gasteiger partial charge in [-0.05, 0) is 5.92 Å². The van der Waals surface area contributed by atoms with Crippen LogP contribution in [0, 0.1) is 11.8 Å². The molecule has 0 aromatic heterocycles. The predicted octanol–water partition coefficient (Wildman–Crippen LogP) is -0.463. The van der Waals surface area contributed by atoms with Crippen molar-refractivity contribution < 1.29 is 19.5 Å². The van der Waals surface area contributed by atoms with Gasteiger partial charge in [0.2, 0.25) is 5.91 Å². The van der Waals surface area contributed by atoms with Gasteiger partial charge in [0.05, 0.1) is 25.9 Å². The maximum atomic E-state index is 11.9. The van der Waals surface area contributed by atoms with Crippen LogP contribution < -0.4 is 11.1 Å². The number of carbonyl (C=O) groups is 1.